The molecule has 2 heterocycles. The van der Waals surface area contributed by atoms with Gasteiger partial charge < -0.3 is 20.3 Å². The van der Waals surface area contributed by atoms with Gasteiger partial charge in [0.1, 0.15) is 0 Å². The van der Waals surface area contributed by atoms with E-state index >= 15 is 0 Å². The van der Waals surface area contributed by atoms with E-state index in [9.17, 15) is 0 Å². The quantitative estimate of drug-likeness (QED) is 0.317. The van der Waals surface area contributed by atoms with Crippen molar-refractivity contribution in [2.45, 2.75) is 32.9 Å². The van der Waals surface area contributed by atoms with Gasteiger partial charge >= 0.3 is 0 Å². The summed E-state index contributed by atoms with van der Waals surface area (Å²) in [6.07, 6.45) is 2.71. The van der Waals surface area contributed by atoms with E-state index in [1.165, 1.54) is 43.6 Å². The smallest absolute Gasteiger partial charge is 0.191 e. The molecule has 0 radical (unpaired) electrons. The van der Waals surface area contributed by atoms with Crippen LogP contribution in [0.4, 0.5) is 0 Å². The number of hydrogen-bond acceptors (Lipinski definition) is 4. The molecule has 0 bridgehead atoms. The number of nitrogens with one attached hydrogen (secondary N) is 2. The van der Waals surface area contributed by atoms with Crippen LogP contribution in [0.3, 0.4) is 0 Å². The average Bonchev–Trinajstić information content (AvgIpc) is 3.23. The molecule has 29 heavy (non-hydrogen) atoms. The van der Waals surface area contributed by atoms with Crippen molar-refractivity contribution >= 4 is 29.9 Å². The van der Waals surface area contributed by atoms with Crippen LogP contribution in [0.1, 0.15) is 30.9 Å². The third-order valence-corrected chi connectivity index (χ3v) is 5.67. The van der Waals surface area contributed by atoms with Gasteiger partial charge in [-0.3, -0.25) is 9.89 Å². The zero-order chi connectivity index (χ0) is 19.6. The van der Waals surface area contributed by atoms with Crippen LogP contribution in [0, 0.1) is 5.92 Å². The first kappa shape index (κ1) is 24.4. The Balaban J connectivity index is 0.00000300. The summed E-state index contributed by atoms with van der Waals surface area (Å²) in [4.78, 5) is 9.45. The molecule has 0 aromatic heterocycles. The molecule has 0 spiro atoms. The summed E-state index contributed by atoms with van der Waals surface area (Å²) in [5.74, 6) is 1.50. The Morgan fingerprint density at radius 2 is 1.72 bits per heavy atom. The summed E-state index contributed by atoms with van der Waals surface area (Å²) in [6, 6.07) is 8.70. The van der Waals surface area contributed by atoms with Crippen LogP contribution in [0.25, 0.3) is 0 Å². The van der Waals surface area contributed by atoms with Crippen molar-refractivity contribution in [3.8, 4) is 0 Å². The van der Waals surface area contributed by atoms with E-state index < -0.39 is 0 Å². The molecule has 0 aliphatic carbocycles. The number of aliphatic imine (C=N–C) groups is 1. The van der Waals surface area contributed by atoms with Gasteiger partial charge in [0, 0.05) is 46.3 Å². The second-order valence-corrected chi connectivity index (χ2v) is 8.08. The lowest BCUT2D eigenvalue weighted by molar-refractivity contribution is 0.0341. The minimum absolute atomic E-state index is 0. The fourth-order valence-electron chi connectivity index (χ4n) is 4.03. The number of halogens is 1. The number of morpholine rings is 1. The van der Waals surface area contributed by atoms with E-state index in [1.807, 2.05) is 7.05 Å². The molecule has 164 valence electrons. The maximum Gasteiger partial charge on any atom is 0.191 e. The van der Waals surface area contributed by atoms with Crippen LogP contribution in [0.15, 0.2) is 29.3 Å². The average molecular weight is 515 g/mol. The molecule has 2 fully saturated rings. The fraction of sp³-hybridized carbons (Fsp3) is 0.682. The highest BCUT2D eigenvalue weighted by Crippen LogP contribution is 2.13. The minimum Gasteiger partial charge on any atom is -0.379 e. The largest absolute Gasteiger partial charge is 0.379 e. The highest BCUT2D eigenvalue weighted by Gasteiger charge is 2.15. The lowest BCUT2D eigenvalue weighted by Crippen LogP contribution is -2.41. The zero-order valence-corrected chi connectivity index (χ0v) is 20.4. The van der Waals surface area contributed by atoms with Gasteiger partial charge in [-0.15, -0.1) is 24.0 Å². The Bertz CT molecular complexity index is 615. The first-order valence-corrected chi connectivity index (χ1v) is 10.8. The molecule has 3 rings (SSSR count). The Hall–Kier alpha value is -0.900. The zero-order valence-electron chi connectivity index (χ0n) is 18.0. The van der Waals surface area contributed by atoms with Crippen molar-refractivity contribution < 1.29 is 4.74 Å². The molecule has 2 N–H and O–H groups in total. The van der Waals surface area contributed by atoms with Gasteiger partial charge in [-0.25, -0.2) is 0 Å². The summed E-state index contributed by atoms with van der Waals surface area (Å²) >= 11 is 0. The number of likely N-dealkylation sites (tertiary alicyclic amines) is 1. The maximum absolute atomic E-state index is 5.47. The molecule has 1 atom stereocenters. The lowest BCUT2D eigenvalue weighted by atomic mass is 10.1. The Labute approximate surface area is 193 Å². The van der Waals surface area contributed by atoms with Crippen LogP contribution < -0.4 is 10.6 Å². The van der Waals surface area contributed by atoms with Crippen molar-refractivity contribution in [1.82, 2.24) is 20.4 Å². The second-order valence-electron chi connectivity index (χ2n) is 8.08. The maximum atomic E-state index is 5.47. The molecule has 2 aliphatic rings. The van der Waals surface area contributed by atoms with Crippen molar-refractivity contribution in [1.29, 1.82) is 0 Å². The summed E-state index contributed by atoms with van der Waals surface area (Å²) in [5.41, 5.74) is 2.72. The molecular weight excluding hydrogens is 477 g/mol. The highest BCUT2D eigenvalue weighted by atomic mass is 127. The molecule has 0 saturated carbocycles. The van der Waals surface area contributed by atoms with E-state index in [2.05, 4.69) is 56.6 Å². The van der Waals surface area contributed by atoms with Gasteiger partial charge in [-0.1, -0.05) is 31.2 Å². The van der Waals surface area contributed by atoms with E-state index in [1.54, 1.807) is 0 Å². The Kier molecular flexibility index (Phi) is 11.3. The third kappa shape index (κ3) is 8.39. The number of hydrogen-bond donors (Lipinski definition) is 2. The van der Waals surface area contributed by atoms with Gasteiger partial charge in [0.05, 0.1) is 13.2 Å². The summed E-state index contributed by atoms with van der Waals surface area (Å²) < 4.78 is 5.47. The number of guanidine groups is 1. The molecule has 2 aliphatic heterocycles. The highest BCUT2D eigenvalue weighted by molar-refractivity contribution is 14.0. The van der Waals surface area contributed by atoms with Gasteiger partial charge in [-0.2, -0.15) is 0 Å². The molecule has 1 unspecified atom stereocenters. The summed E-state index contributed by atoms with van der Waals surface area (Å²) in [6.45, 7) is 12.4. The van der Waals surface area contributed by atoms with Gasteiger partial charge in [0.25, 0.3) is 0 Å². The fourth-order valence-corrected chi connectivity index (χ4v) is 4.03. The molecule has 6 nitrogen and oxygen atoms in total. The number of nitrogens with zero attached hydrogens (tertiary/aromatic N) is 3. The minimum atomic E-state index is 0. The van der Waals surface area contributed by atoms with E-state index in [-0.39, 0.29) is 24.0 Å². The third-order valence-electron chi connectivity index (χ3n) is 5.67. The predicted octanol–water partition coefficient (Wildman–Crippen LogP) is 2.53. The van der Waals surface area contributed by atoms with E-state index in [0.717, 1.165) is 51.9 Å². The molecule has 2 saturated heterocycles. The molecule has 7 heteroatoms. The molecule has 1 aromatic rings. The molecule has 0 amide bonds. The van der Waals surface area contributed by atoms with Gasteiger partial charge in [0.15, 0.2) is 5.96 Å². The Morgan fingerprint density at radius 3 is 2.41 bits per heavy atom. The van der Waals surface area contributed by atoms with Crippen molar-refractivity contribution in [2.75, 3.05) is 59.5 Å². The van der Waals surface area contributed by atoms with Crippen LogP contribution in [-0.2, 0) is 17.8 Å². The van der Waals surface area contributed by atoms with E-state index in [0.29, 0.717) is 5.92 Å². The monoisotopic (exact) mass is 515 g/mol. The van der Waals surface area contributed by atoms with Gasteiger partial charge in [0.2, 0.25) is 0 Å². The van der Waals surface area contributed by atoms with Crippen LogP contribution in [0.5, 0.6) is 0 Å². The van der Waals surface area contributed by atoms with Crippen LogP contribution >= 0.6 is 24.0 Å². The van der Waals surface area contributed by atoms with Crippen molar-refractivity contribution in [3.05, 3.63) is 35.4 Å². The first-order chi connectivity index (χ1) is 13.7. The van der Waals surface area contributed by atoms with Crippen LogP contribution in [0.2, 0.25) is 0 Å². The normalized spacial score (nSPS) is 19.6. The van der Waals surface area contributed by atoms with Crippen molar-refractivity contribution in [3.63, 3.8) is 0 Å². The van der Waals surface area contributed by atoms with E-state index in [4.69, 9.17) is 4.74 Å². The molecule has 1 aromatic carbocycles. The molecular formula is C22H38IN5O. The topological polar surface area (TPSA) is 52.1 Å². The summed E-state index contributed by atoms with van der Waals surface area (Å²) in [7, 11) is 1.85. The predicted molar refractivity (Wildman–Crippen MR) is 131 cm³/mol. The van der Waals surface area contributed by atoms with Gasteiger partial charge in [-0.05, 0) is 43.0 Å². The lowest BCUT2D eigenvalue weighted by Gasteiger charge is -2.27. The second kappa shape index (κ2) is 13.4. The first-order valence-electron chi connectivity index (χ1n) is 10.8. The number of ether oxygens (including phenoxy) is 1. The Morgan fingerprint density at radius 1 is 1.03 bits per heavy atom. The van der Waals surface area contributed by atoms with Crippen LogP contribution in [-0.4, -0.2) is 75.3 Å². The standard InChI is InChI=1S/C22H37N5O.HI/c1-19(17-26-9-5-6-10-26)15-24-22(23-2)25-16-20-7-3-4-8-21(20)18-27-11-13-28-14-12-27;/h3-4,7-8,19H,5-6,9-18H2,1-2H3,(H2,23,24,25);1H. The number of benzene rings is 1. The summed E-state index contributed by atoms with van der Waals surface area (Å²) in [5, 5.41) is 6.99. The number of rotatable bonds is 8. The SMILES string of the molecule is CN=C(NCc1ccccc1CN1CCOCC1)NCC(C)CN1CCCC1.I. The van der Waals surface area contributed by atoms with Crippen molar-refractivity contribution in [2.24, 2.45) is 10.9 Å².